The van der Waals surface area contributed by atoms with Crippen LogP contribution in [0.4, 0.5) is 0 Å². The molecule has 102 valence electrons. The second kappa shape index (κ2) is 4.92. The van der Waals surface area contributed by atoms with E-state index in [0.29, 0.717) is 6.61 Å². The van der Waals surface area contributed by atoms with Crippen molar-refractivity contribution >= 4 is 5.97 Å². The van der Waals surface area contributed by atoms with Crippen LogP contribution in [-0.2, 0) is 21.7 Å². The van der Waals surface area contributed by atoms with Crippen LogP contribution in [0, 0.1) is 0 Å². The number of hydrogen-bond donors (Lipinski definition) is 2. The molecule has 2 heterocycles. The molecule has 5 nitrogen and oxygen atoms in total. The van der Waals surface area contributed by atoms with Crippen LogP contribution < -0.4 is 5.32 Å². The van der Waals surface area contributed by atoms with Crippen molar-refractivity contribution in [1.82, 2.24) is 10.2 Å². The molecule has 1 aromatic rings. The topological polar surface area (TPSA) is 61.8 Å². The molecule has 19 heavy (non-hydrogen) atoms. The van der Waals surface area contributed by atoms with E-state index in [1.807, 2.05) is 29.2 Å². The molecule has 2 aliphatic rings. The molecule has 5 heteroatoms. The van der Waals surface area contributed by atoms with Crippen molar-refractivity contribution < 1.29 is 14.6 Å². The summed E-state index contributed by atoms with van der Waals surface area (Å²) in [5.74, 6) is -0.818. The quantitative estimate of drug-likeness (QED) is 0.808. The average Bonchev–Trinajstić information content (AvgIpc) is 2.47. The van der Waals surface area contributed by atoms with Gasteiger partial charge in [0, 0.05) is 26.2 Å². The maximum absolute atomic E-state index is 12.0. The molecule has 1 unspecified atom stereocenters. The molecule has 0 aliphatic carbocycles. The summed E-state index contributed by atoms with van der Waals surface area (Å²) in [7, 11) is 0. The lowest BCUT2D eigenvalue weighted by Crippen LogP contribution is -2.61. The van der Waals surface area contributed by atoms with Crippen LogP contribution in [0.5, 0.6) is 0 Å². The molecule has 0 amide bonds. The van der Waals surface area contributed by atoms with E-state index in [4.69, 9.17) is 4.74 Å². The third-order valence-corrected chi connectivity index (χ3v) is 4.04. The van der Waals surface area contributed by atoms with Gasteiger partial charge in [0.2, 0.25) is 0 Å². The van der Waals surface area contributed by atoms with E-state index in [-0.39, 0.29) is 6.61 Å². The van der Waals surface area contributed by atoms with Crippen LogP contribution in [0.2, 0.25) is 0 Å². The second-order valence-corrected chi connectivity index (χ2v) is 5.05. The van der Waals surface area contributed by atoms with Crippen LogP contribution in [0.25, 0.3) is 0 Å². The second-order valence-electron chi connectivity index (χ2n) is 5.05. The van der Waals surface area contributed by atoms with Crippen LogP contribution in [0.1, 0.15) is 11.1 Å². The Morgan fingerprint density at radius 1 is 1.32 bits per heavy atom. The normalized spacial score (nSPS) is 27.8. The number of carboxylic acid groups (broad SMARTS) is 1. The Morgan fingerprint density at radius 2 is 2.05 bits per heavy atom. The van der Waals surface area contributed by atoms with Gasteiger partial charge in [0.05, 0.1) is 13.2 Å². The highest BCUT2D eigenvalue weighted by Gasteiger charge is 2.49. The fourth-order valence-electron chi connectivity index (χ4n) is 3.06. The van der Waals surface area contributed by atoms with E-state index < -0.39 is 11.5 Å². The molecule has 0 bridgehead atoms. The Labute approximate surface area is 112 Å². The van der Waals surface area contributed by atoms with Crippen molar-refractivity contribution in [3.05, 3.63) is 35.4 Å². The minimum atomic E-state index is -1.03. The lowest BCUT2D eigenvalue weighted by Gasteiger charge is -2.45. The average molecular weight is 262 g/mol. The predicted octanol–water partition coefficient (Wildman–Crippen LogP) is 0.402. The molecule has 2 N–H and O–H groups in total. The number of rotatable bonds is 2. The van der Waals surface area contributed by atoms with Crippen molar-refractivity contribution in [1.29, 1.82) is 0 Å². The molecule has 1 atom stereocenters. The summed E-state index contributed by atoms with van der Waals surface area (Å²) in [5, 5.41) is 13.1. The third-order valence-electron chi connectivity index (χ3n) is 4.04. The fourth-order valence-corrected chi connectivity index (χ4v) is 3.06. The monoisotopic (exact) mass is 262 g/mol. The summed E-state index contributed by atoms with van der Waals surface area (Å²) < 4.78 is 5.58. The molecule has 2 aliphatic heterocycles. The molecule has 3 rings (SSSR count). The maximum Gasteiger partial charge on any atom is 0.331 e. The number of carboxylic acids is 1. The summed E-state index contributed by atoms with van der Waals surface area (Å²) in [6.07, 6.45) is 0. The molecule has 1 aromatic carbocycles. The predicted molar refractivity (Wildman–Crippen MR) is 69.9 cm³/mol. The number of nitrogens with one attached hydrogen (secondary N) is 1. The summed E-state index contributed by atoms with van der Waals surface area (Å²) >= 11 is 0. The molecule has 1 fully saturated rings. The van der Waals surface area contributed by atoms with Gasteiger partial charge in [-0.1, -0.05) is 24.3 Å². The zero-order valence-electron chi connectivity index (χ0n) is 10.8. The summed E-state index contributed by atoms with van der Waals surface area (Å²) in [6, 6.07) is 7.71. The van der Waals surface area contributed by atoms with Crippen LogP contribution in [0.3, 0.4) is 0 Å². The summed E-state index contributed by atoms with van der Waals surface area (Å²) in [6.45, 7) is 3.80. The van der Waals surface area contributed by atoms with E-state index in [2.05, 4.69) is 5.32 Å². The van der Waals surface area contributed by atoms with Gasteiger partial charge in [0.15, 0.2) is 5.54 Å². The first-order valence-electron chi connectivity index (χ1n) is 6.60. The molecular formula is C14H18N2O3. The Hall–Kier alpha value is -1.43. The van der Waals surface area contributed by atoms with Gasteiger partial charge in [-0.2, -0.15) is 0 Å². The largest absolute Gasteiger partial charge is 0.480 e. The van der Waals surface area contributed by atoms with Gasteiger partial charge in [-0.3, -0.25) is 4.90 Å². The minimum Gasteiger partial charge on any atom is -0.480 e. The number of aliphatic carboxylic acids is 1. The van der Waals surface area contributed by atoms with Gasteiger partial charge in [0.25, 0.3) is 0 Å². The first kappa shape index (κ1) is 12.6. The van der Waals surface area contributed by atoms with Gasteiger partial charge in [-0.15, -0.1) is 0 Å². The van der Waals surface area contributed by atoms with Gasteiger partial charge in [0.1, 0.15) is 0 Å². The lowest BCUT2D eigenvalue weighted by molar-refractivity contribution is -0.161. The highest BCUT2D eigenvalue weighted by atomic mass is 16.5. The number of nitrogens with zero attached hydrogens (tertiary/aromatic N) is 1. The fraction of sp³-hybridized carbons (Fsp3) is 0.500. The van der Waals surface area contributed by atoms with E-state index >= 15 is 0 Å². The molecular weight excluding hydrogens is 244 g/mol. The number of fused-ring (bicyclic) bond motifs is 1. The maximum atomic E-state index is 12.0. The lowest BCUT2D eigenvalue weighted by atomic mass is 9.83. The van der Waals surface area contributed by atoms with Gasteiger partial charge < -0.3 is 15.2 Å². The van der Waals surface area contributed by atoms with Gasteiger partial charge in [-0.05, 0) is 11.1 Å². The molecule has 0 radical (unpaired) electrons. The first-order valence-corrected chi connectivity index (χ1v) is 6.60. The minimum absolute atomic E-state index is 0.222. The van der Waals surface area contributed by atoms with Crippen molar-refractivity contribution in [2.75, 3.05) is 32.8 Å². The molecule has 0 aromatic heterocycles. The van der Waals surface area contributed by atoms with Crippen molar-refractivity contribution in [2.24, 2.45) is 0 Å². The Bertz CT molecular complexity index is 485. The van der Waals surface area contributed by atoms with Crippen molar-refractivity contribution in [3.63, 3.8) is 0 Å². The van der Waals surface area contributed by atoms with E-state index in [1.54, 1.807) is 0 Å². The Balaban J connectivity index is 2.08. The number of ether oxygens (including phenoxy) is 1. The van der Waals surface area contributed by atoms with E-state index in [9.17, 15) is 9.90 Å². The zero-order chi connectivity index (χ0) is 13.3. The molecule has 1 saturated heterocycles. The van der Waals surface area contributed by atoms with Crippen LogP contribution >= 0.6 is 0 Å². The van der Waals surface area contributed by atoms with E-state index in [0.717, 1.165) is 37.3 Å². The van der Waals surface area contributed by atoms with Crippen molar-refractivity contribution in [3.8, 4) is 0 Å². The number of carbonyl (C=O) groups is 1. The Morgan fingerprint density at radius 3 is 2.79 bits per heavy atom. The highest BCUT2D eigenvalue weighted by molar-refractivity contribution is 5.82. The van der Waals surface area contributed by atoms with E-state index in [1.165, 1.54) is 0 Å². The van der Waals surface area contributed by atoms with Gasteiger partial charge in [-0.25, -0.2) is 4.79 Å². The smallest absolute Gasteiger partial charge is 0.331 e. The van der Waals surface area contributed by atoms with Gasteiger partial charge >= 0.3 is 5.97 Å². The summed E-state index contributed by atoms with van der Waals surface area (Å²) in [5.41, 5.74) is 0.835. The van der Waals surface area contributed by atoms with Crippen molar-refractivity contribution in [2.45, 2.75) is 12.1 Å². The number of piperazine rings is 1. The Kier molecular flexibility index (Phi) is 3.26. The molecule has 0 saturated carbocycles. The van der Waals surface area contributed by atoms with Crippen LogP contribution in [-0.4, -0.2) is 48.8 Å². The SMILES string of the molecule is O=C(O)C1(N2CCNCC2)COCc2ccccc21. The standard InChI is InChI=1S/C14H18N2O3/c17-13(18)14(16-7-5-15-6-8-16)10-19-9-11-3-1-2-4-12(11)14/h1-4,15H,5-10H2,(H,17,18). The first-order chi connectivity index (χ1) is 9.25. The van der Waals surface area contributed by atoms with Crippen LogP contribution in [0.15, 0.2) is 24.3 Å². The summed E-state index contributed by atoms with van der Waals surface area (Å²) in [4.78, 5) is 14.0. The highest BCUT2D eigenvalue weighted by Crippen LogP contribution is 2.36. The molecule has 0 spiro atoms. The number of hydrogen-bond acceptors (Lipinski definition) is 4. The number of benzene rings is 1. The third kappa shape index (κ3) is 1.94. The zero-order valence-corrected chi connectivity index (χ0v) is 10.8.